The molecular formula is C24H21BrN2O6S. The number of amides is 3. The first kappa shape index (κ1) is 25.2. The third-order valence-corrected chi connectivity index (χ3v) is 6.10. The number of anilines is 1. The third-order valence-electron chi connectivity index (χ3n) is 4.50. The second kappa shape index (κ2) is 11.6. The molecule has 0 spiro atoms. The van der Waals surface area contributed by atoms with Crippen molar-refractivity contribution in [3.8, 4) is 29.6 Å². The molecule has 3 amide bonds. The fraction of sp³-hybridized carbons (Fsp3) is 0.208. The number of terminal acetylenes is 1. The Balaban J connectivity index is 1.71. The summed E-state index contributed by atoms with van der Waals surface area (Å²) in [7, 11) is 1.48. The molecule has 0 bridgehead atoms. The molecule has 1 aliphatic heterocycles. The molecule has 0 atom stereocenters. The van der Waals surface area contributed by atoms with E-state index in [2.05, 4.69) is 27.2 Å². The molecule has 2 aromatic carbocycles. The maximum atomic E-state index is 12.8. The van der Waals surface area contributed by atoms with Crippen LogP contribution in [0.5, 0.6) is 17.2 Å². The number of ether oxygens (including phenoxy) is 3. The molecule has 176 valence electrons. The zero-order valence-corrected chi connectivity index (χ0v) is 20.8. The van der Waals surface area contributed by atoms with Crippen LogP contribution in [-0.2, 0) is 9.59 Å². The molecule has 8 nitrogen and oxygen atoms in total. The van der Waals surface area contributed by atoms with Crippen molar-refractivity contribution < 1.29 is 28.6 Å². The van der Waals surface area contributed by atoms with E-state index < -0.39 is 23.6 Å². The molecule has 0 radical (unpaired) electrons. The van der Waals surface area contributed by atoms with Crippen molar-refractivity contribution in [2.75, 3.05) is 32.2 Å². The maximum absolute atomic E-state index is 12.8. The number of nitrogens with one attached hydrogen (secondary N) is 1. The molecule has 0 saturated carbocycles. The van der Waals surface area contributed by atoms with Gasteiger partial charge < -0.3 is 19.5 Å². The van der Waals surface area contributed by atoms with Crippen molar-refractivity contribution in [1.29, 1.82) is 0 Å². The molecule has 0 unspecified atom stereocenters. The van der Waals surface area contributed by atoms with Crippen LogP contribution in [0.3, 0.4) is 0 Å². The average Bonchev–Trinajstić information content (AvgIpc) is 3.07. The summed E-state index contributed by atoms with van der Waals surface area (Å²) in [6.45, 7) is 2.07. The smallest absolute Gasteiger partial charge is 0.294 e. The highest BCUT2D eigenvalue weighted by atomic mass is 79.9. The average molecular weight is 545 g/mol. The number of methoxy groups -OCH3 is 1. The minimum atomic E-state index is -0.560. The lowest BCUT2D eigenvalue weighted by Gasteiger charge is -2.13. The zero-order valence-electron chi connectivity index (χ0n) is 18.4. The highest BCUT2D eigenvalue weighted by Crippen LogP contribution is 2.38. The number of hydrogen-bond acceptors (Lipinski definition) is 7. The molecule has 2 aromatic rings. The Labute approximate surface area is 209 Å². The van der Waals surface area contributed by atoms with Crippen LogP contribution in [0.15, 0.2) is 45.8 Å². The van der Waals surface area contributed by atoms with Crippen LogP contribution < -0.4 is 19.5 Å². The summed E-state index contributed by atoms with van der Waals surface area (Å²) in [6.07, 6.45) is 6.78. The molecule has 1 N–H and O–H groups in total. The molecule has 1 saturated heterocycles. The summed E-state index contributed by atoms with van der Waals surface area (Å²) in [5.41, 5.74) is 1.12. The van der Waals surface area contributed by atoms with E-state index in [0.717, 1.165) is 16.7 Å². The van der Waals surface area contributed by atoms with Crippen LogP contribution in [0.25, 0.3) is 6.08 Å². The number of carbonyl (C=O) groups is 3. The first-order valence-corrected chi connectivity index (χ1v) is 11.7. The van der Waals surface area contributed by atoms with Gasteiger partial charge in [-0.1, -0.05) is 21.9 Å². The number of halogens is 1. The summed E-state index contributed by atoms with van der Waals surface area (Å²) in [5, 5.41) is 2.14. The Hall–Kier alpha value is -3.42. The van der Waals surface area contributed by atoms with E-state index in [0.29, 0.717) is 39.6 Å². The summed E-state index contributed by atoms with van der Waals surface area (Å²) < 4.78 is 16.8. The maximum Gasteiger partial charge on any atom is 0.294 e. The molecule has 0 aliphatic carbocycles. The number of nitrogens with zero attached hydrogens (tertiary/aromatic N) is 1. The summed E-state index contributed by atoms with van der Waals surface area (Å²) in [4.78, 5) is 38.8. The molecule has 0 aromatic heterocycles. The van der Waals surface area contributed by atoms with Gasteiger partial charge in [-0.25, -0.2) is 0 Å². The van der Waals surface area contributed by atoms with E-state index in [1.807, 2.05) is 6.92 Å². The van der Waals surface area contributed by atoms with Gasteiger partial charge in [0.2, 0.25) is 5.91 Å². The summed E-state index contributed by atoms with van der Waals surface area (Å²) in [5.74, 6) is 2.85. The lowest BCUT2D eigenvalue weighted by atomic mass is 10.2. The van der Waals surface area contributed by atoms with Gasteiger partial charge in [0.25, 0.3) is 11.1 Å². The standard InChI is InChI=1S/C24H21BrN2O6S/c1-4-10-33-20-13-18(25)15(11-19(20)31-3)12-21-23(29)27(24(30)34-21)14-22(28)26-16-6-8-17(9-7-16)32-5-2/h1,6-9,11-13H,5,10,14H2,2-3H3,(H,26,28)/b21-12-. The molecule has 34 heavy (non-hydrogen) atoms. The van der Waals surface area contributed by atoms with E-state index in [4.69, 9.17) is 20.6 Å². The molecule has 3 rings (SSSR count). The van der Waals surface area contributed by atoms with E-state index in [-0.39, 0.29) is 11.5 Å². The number of thioether (sulfide) groups is 1. The molecule has 1 aliphatic rings. The van der Waals surface area contributed by atoms with Gasteiger partial charge in [0.05, 0.1) is 18.6 Å². The molecule has 10 heteroatoms. The van der Waals surface area contributed by atoms with Crippen molar-refractivity contribution in [2.24, 2.45) is 0 Å². The monoisotopic (exact) mass is 544 g/mol. The Morgan fingerprint density at radius 3 is 2.59 bits per heavy atom. The van der Waals surface area contributed by atoms with Crippen LogP contribution in [-0.4, -0.2) is 48.8 Å². The van der Waals surface area contributed by atoms with Crippen molar-refractivity contribution in [3.63, 3.8) is 0 Å². The van der Waals surface area contributed by atoms with E-state index in [9.17, 15) is 14.4 Å². The second-order valence-electron chi connectivity index (χ2n) is 6.79. The second-order valence-corrected chi connectivity index (χ2v) is 8.64. The van der Waals surface area contributed by atoms with Crippen LogP contribution in [0.2, 0.25) is 0 Å². The number of carbonyl (C=O) groups excluding carboxylic acids is 3. The van der Waals surface area contributed by atoms with Gasteiger partial charge in [-0.3, -0.25) is 19.3 Å². The van der Waals surface area contributed by atoms with Crippen LogP contribution >= 0.6 is 27.7 Å². The van der Waals surface area contributed by atoms with Crippen LogP contribution in [0.4, 0.5) is 10.5 Å². The largest absolute Gasteiger partial charge is 0.494 e. The molecular weight excluding hydrogens is 524 g/mol. The predicted molar refractivity (Wildman–Crippen MR) is 134 cm³/mol. The summed E-state index contributed by atoms with van der Waals surface area (Å²) >= 11 is 4.18. The van der Waals surface area contributed by atoms with Gasteiger partial charge in [-0.15, -0.1) is 6.42 Å². The number of benzene rings is 2. The lowest BCUT2D eigenvalue weighted by Crippen LogP contribution is -2.36. The SMILES string of the molecule is C#CCOc1cc(Br)c(/C=C2\SC(=O)N(CC(=O)Nc3ccc(OCC)cc3)C2=O)cc1OC. The van der Waals surface area contributed by atoms with Crippen LogP contribution in [0, 0.1) is 12.3 Å². The Bertz CT molecular complexity index is 1170. The number of imide groups is 1. The van der Waals surface area contributed by atoms with Crippen LogP contribution in [0.1, 0.15) is 12.5 Å². The van der Waals surface area contributed by atoms with Crippen molar-refractivity contribution >= 4 is 56.5 Å². The van der Waals surface area contributed by atoms with Gasteiger partial charge in [0.15, 0.2) is 11.5 Å². The molecule has 1 heterocycles. The van der Waals surface area contributed by atoms with Gasteiger partial charge in [0.1, 0.15) is 18.9 Å². The van der Waals surface area contributed by atoms with Gasteiger partial charge in [0, 0.05) is 10.2 Å². The first-order valence-electron chi connectivity index (χ1n) is 10.1. The van der Waals surface area contributed by atoms with E-state index in [1.165, 1.54) is 7.11 Å². The van der Waals surface area contributed by atoms with E-state index in [1.54, 1.807) is 42.5 Å². The number of hydrogen-bond donors (Lipinski definition) is 1. The van der Waals surface area contributed by atoms with Crippen molar-refractivity contribution in [2.45, 2.75) is 6.92 Å². The quantitative estimate of drug-likeness (QED) is 0.365. The lowest BCUT2D eigenvalue weighted by molar-refractivity contribution is -0.127. The fourth-order valence-corrected chi connectivity index (χ4v) is 4.24. The summed E-state index contributed by atoms with van der Waals surface area (Å²) in [6, 6.07) is 10.1. The predicted octanol–water partition coefficient (Wildman–Crippen LogP) is 4.54. The Morgan fingerprint density at radius 2 is 1.94 bits per heavy atom. The highest BCUT2D eigenvalue weighted by molar-refractivity contribution is 9.10. The third kappa shape index (κ3) is 6.12. The Kier molecular flexibility index (Phi) is 8.62. The first-order chi connectivity index (χ1) is 16.4. The van der Waals surface area contributed by atoms with E-state index >= 15 is 0 Å². The topological polar surface area (TPSA) is 94.2 Å². The van der Waals surface area contributed by atoms with Gasteiger partial charge in [-0.2, -0.15) is 0 Å². The van der Waals surface area contributed by atoms with Gasteiger partial charge in [-0.05, 0) is 66.7 Å². The Morgan fingerprint density at radius 1 is 1.21 bits per heavy atom. The molecule has 1 fully saturated rings. The minimum absolute atomic E-state index is 0.0692. The number of rotatable bonds is 9. The highest BCUT2D eigenvalue weighted by Gasteiger charge is 2.36. The van der Waals surface area contributed by atoms with Gasteiger partial charge >= 0.3 is 0 Å². The van der Waals surface area contributed by atoms with Crippen molar-refractivity contribution in [1.82, 2.24) is 4.90 Å². The minimum Gasteiger partial charge on any atom is -0.494 e. The normalized spacial score (nSPS) is 14.2. The van der Waals surface area contributed by atoms with Crippen molar-refractivity contribution in [3.05, 3.63) is 51.3 Å². The zero-order chi connectivity index (χ0) is 24.7. The fourth-order valence-electron chi connectivity index (χ4n) is 2.98.